The lowest BCUT2D eigenvalue weighted by molar-refractivity contribution is -0.171. The largest absolute Gasteiger partial charge is 0.371 e. The van der Waals surface area contributed by atoms with Crippen LogP contribution in [0.4, 0.5) is 0 Å². The summed E-state index contributed by atoms with van der Waals surface area (Å²) >= 11 is 0. The fourth-order valence-corrected chi connectivity index (χ4v) is 1.81. The van der Waals surface area contributed by atoms with Crippen LogP contribution < -0.4 is 0 Å². The first-order chi connectivity index (χ1) is 4.83. The van der Waals surface area contributed by atoms with Crippen LogP contribution >= 0.6 is 0 Å². The molecule has 4 nitrogen and oxygen atoms in total. The second-order valence-electron chi connectivity index (χ2n) is 1.98. The molecule has 1 saturated heterocycles. The fourth-order valence-electron chi connectivity index (χ4n) is 0.787. The van der Waals surface area contributed by atoms with Gasteiger partial charge >= 0.3 is 6.47 Å². The lowest BCUT2D eigenvalue weighted by Crippen LogP contribution is -2.37. The zero-order chi connectivity index (χ0) is 7.40. The highest BCUT2D eigenvalue weighted by atomic mass is 32.2. The average molecular weight is 163 g/mol. The predicted octanol–water partition coefficient (Wildman–Crippen LogP) is -0.861. The lowest BCUT2D eigenvalue weighted by Gasteiger charge is -2.22. The van der Waals surface area contributed by atoms with Gasteiger partial charge in [-0.2, -0.15) is 0 Å². The second kappa shape index (κ2) is 3.68. The molecule has 0 bridgehead atoms. The Kier molecular flexibility index (Phi) is 2.82. The van der Waals surface area contributed by atoms with Gasteiger partial charge in [-0.25, -0.2) is 0 Å². The number of carbonyl (C=O) groups excluding carboxylic acids is 1. The van der Waals surface area contributed by atoms with Crippen molar-refractivity contribution in [3.05, 3.63) is 0 Å². The van der Waals surface area contributed by atoms with Gasteiger partial charge < -0.3 is 4.84 Å². The van der Waals surface area contributed by atoms with E-state index >= 15 is 0 Å². The number of nitrogens with zero attached hydrogens (tertiary/aromatic N) is 1. The smallest absolute Gasteiger partial charge is 0.312 e. The number of hydrogen-bond acceptors (Lipinski definition) is 4. The Morgan fingerprint density at radius 3 is 2.50 bits per heavy atom. The summed E-state index contributed by atoms with van der Waals surface area (Å²) in [4.78, 5) is 14.4. The highest BCUT2D eigenvalue weighted by Crippen LogP contribution is 1.98. The molecule has 0 radical (unpaired) electrons. The molecule has 1 aliphatic heterocycles. The van der Waals surface area contributed by atoms with Crippen LogP contribution in [0.5, 0.6) is 0 Å². The SMILES string of the molecule is O=CON1CCS(=O)CC1. The molecular formula is C5H9NO3S. The van der Waals surface area contributed by atoms with E-state index in [0.717, 1.165) is 0 Å². The molecule has 0 aliphatic carbocycles. The van der Waals surface area contributed by atoms with Gasteiger partial charge in [0.15, 0.2) is 0 Å². The van der Waals surface area contributed by atoms with E-state index in [1.165, 1.54) is 5.06 Å². The van der Waals surface area contributed by atoms with Crippen molar-refractivity contribution in [2.75, 3.05) is 24.6 Å². The maximum Gasteiger partial charge on any atom is 0.312 e. The van der Waals surface area contributed by atoms with Crippen LogP contribution in [0.3, 0.4) is 0 Å². The van der Waals surface area contributed by atoms with Crippen LogP contribution in [0, 0.1) is 0 Å². The number of rotatable bonds is 2. The molecule has 1 fully saturated rings. The van der Waals surface area contributed by atoms with Gasteiger partial charge in [0.2, 0.25) is 0 Å². The standard InChI is InChI=1S/C5H9NO3S/c7-5-9-6-1-3-10(8)4-2-6/h5H,1-4H2. The van der Waals surface area contributed by atoms with Crippen molar-refractivity contribution < 1.29 is 13.8 Å². The van der Waals surface area contributed by atoms with Gasteiger partial charge in [0.25, 0.3) is 0 Å². The fraction of sp³-hybridized carbons (Fsp3) is 0.800. The first-order valence-corrected chi connectivity index (χ1v) is 4.52. The van der Waals surface area contributed by atoms with Crippen molar-refractivity contribution in [1.82, 2.24) is 5.06 Å². The number of carbonyl (C=O) groups is 1. The van der Waals surface area contributed by atoms with Crippen molar-refractivity contribution in [2.24, 2.45) is 0 Å². The van der Waals surface area contributed by atoms with Crippen molar-refractivity contribution in [3.63, 3.8) is 0 Å². The Morgan fingerprint density at radius 1 is 1.40 bits per heavy atom. The van der Waals surface area contributed by atoms with E-state index in [0.29, 0.717) is 31.1 Å². The third-order valence-corrected chi connectivity index (χ3v) is 2.60. The van der Waals surface area contributed by atoms with E-state index in [-0.39, 0.29) is 0 Å². The molecule has 0 atom stereocenters. The molecule has 0 aromatic carbocycles. The Labute approximate surface area is 61.6 Å². The van der Waals surface area contributed by atoms with Gasteiger partial charge in [0.05, 0.1) is 0 Å². The maximum absolute atomic E-state index is 10.8. The molecule has 0 aromatic rings. The molecule has 1 rings (SSSR count). The van der Waals surface area contributed by atoms with E-state index in [2.05, 4.69) is 4.84 Å². The van der Waals surface area contributed by atoms with Gasteiger partial charge in [-0.3, -0.25) is 9.00 Å². The minimum absolute atomic E-state index is 0.397. The molecule has 0 unspecified atom stereocenters. The van der Waals surface area contributed by atoms with Gasteiger partial charge in [0, 0.05) is 35.4 Å². The molecule has 58 valence electrons. The van der Waals surface area contributed by atoms with Crippen LogP contribution in [0.2, 0.25) is 0 Å². The Balaban J connectivity index is 2.25. The average Bonchev–Trinajstić information content (AvgIpc) is 1.95. The van der Waals surface area contributed by atoms with Crippen molar-refractivity contribution in [3.8, 4) is 0 Å². The summed E-state index contributed by atoms with van der Waals surface area (Å²) in [5.41, 5.74) is 0. The van der Waals surface area contributed by atoms with E-state index < -0.39 is 10.8 Å². The monoisotopic (exact) mass is 163 g/mol. The van der Waals surface area contributed by atoms with E-state index in [9.17, 15) is 9.00 Å². The minimum Gasteiger partial charge on any atom is -0.371 e. The van der Waals surface area contributed by atoms with Gasteiger partial charge in [0.1, 0.15) is 0 Å². The van der Waals surface area contributed by atoms with Crippen molar-refractivity contribution in [1.29, 1.82) is 0 Å². The summed E-state index contributed by atoms with van der Waals surface area (Å²) in [5, 5.41) is 1.52. The Morgan fingerprint density at radius 2 is 2.00 bits per heavy atom. The molecule has 0 amide bonds. The Hall–Kier alpha value is -0.420. The molecule has 1 aliphatic rings. The highest BCUT2D eigenvalue weighted by Gasteiger charge is 2.14. The van der Waals surface area contributed by atoms with Crippen LogP contribution in [-0.4, -0.2) is 40.3 Å². The van der Waals surface area contributed by atoms with Crippen molar-refractivity contribution in [2.45, 2.75) is 0 Å². The van der Waals surface area contributed by atoms with Crippen LogP contribution in [0.15, 0.2) is 0 Å². The normalized spacial score (nSPS) is 22.4. The van der Waals surface area contributed by atoms with E-state index in [4.69, 9.17) is 0 Å². The highest BCUT2D eigenvalue weighted by molar-refractivity contribution is 7.85. The molecule has 0 spiro atoms. The summed E-state index contributed by atoms with van der Waals surface area (Å²) in [5.74, 6) is 1.21. The van der Waals surface area contributed by atoms with Crippen LogP contribution in [0.1, 0.15) is 0 Å². The zero-order valence-corrected chi connectivity index (χ0v) is 6.30. The molecule has 10 heavy (non-hydrogen) atoms. The molecule has 0 N–H and O–H groups in total. The number of hydroxylamine groups is 2. The Bertz CT molecular complexity index is 140. The van der Waals surface area contributed by atoms with E-state index in [1.54, 1.807) is 0 Å². The third-order valence-electron chi connectivity index (χ3n) is 1.33. The van der Waals surface area contributed by atoms with Crippen LogP contribution in [0.25, 0.3) is 0 Å². The van der Waals surface area contributed by atoms with Gasteiger partial charge in [-0.15, -0.1) is 5.06 Å². The lowest BCUT2D eigenvalue weighted by atomic mass is 10.6. The zero-order valence-electron chi connectivity index (χ0n) is 5.49. The minimum atomic E-state index is -0.702. The molecule has 0 aromatic heterocycles. The summed E-state index contributed by atoms with van der Waals surface area (Å²) in [7, 11) is -0.702. The topological polar surface area (TPSA) is 46.6 Å². The van der Waals surface area contributed by atoms with E-state index in [1.807, 2.05) is 0 Å². The maximum atomic E-state index is 10.8. The first kappa shape index (κ1) is 7.68. The molecule has 1 heterocycles. The number of hydrogen-bond donors (Lipinski definition) is 0. The summed E-state index contributed by atoms with van der Waals surface area (Å²) in [6, 6.07) is 0. The van der Waals surface area contributed by atoms with Crippen LogP contribution in [-0.2, 0) is 20.4 Å². The second-order valence-corrected chi connectivity index (χ2v) is 3.67. The quantitative estimate of drug-likeness (QED) is 0.497. The summed E-state index contributed by atoms with van der Waals surface area (Å²) < 4.78 is 10.8. The van der Waals surface area contributed by atoms with Gasteiger partial charge in [-0.05, 0) is 0 Å². The van der Waals surface area contributed by atoms with Gasteiger partial charge in [-0.1, -0.05) is 0 Å². The summed E-state index contributed by atoms with van der Waals surface area (Å²) in [6.07, 6.45) is 0. The molecular weight excluding hydrogens is 154 g/mol. The first-order valence-electron chi connectivity index (χ1n) is 3.03. The molecule has 5 heteroatoms. The summed E-state index contributed by atoms with van der Waals surface area (Å²) in [6.45, 7) is 1.57. The van der Waals surface area contributed by atoms with Crippen molar-refractivity contribution >= 4 is 17.3 Å². The predicted molar refractivity (Wildman–Crippen MR) is 36.6 cm³/mol. The third kappa shape index (κ3) is 2.07. The molecule has 0 saturated carbocycles.